The third kappa shape index (κ3) is 5.20. The summed E-state index contributed by atoms with van der Waals surface area (Å²) in [5, 5.41) is 20.7. The summed E-state index contributed by atoms with van der Waals surface area (Å²) in [7, 11) is 0. The Kier molecular flexibility index (Phi) is 6.51. The summed E-state index contributed by atoms with van der Waals surface area (Å²) >= 11 is 5.25. The average Bonchev–Trinajstić information content (AvgIpc) is 2.59. The van der Waals surface area contributed by atoms with E-state index in [0.717, 1.165) is 12.1 Å². The summed E-state index contributed by atoms with van der Waals surface area (Å²) in [6.45, 7) is 3.16. The Morgan fingerprint density at radius 2 is 1.96 bits per heavy atom. The van der Waals surface area contributed by atoms with E-state index in [2.05, 4.69) is 35.0 Å². The molecule has 0 aliphatic carbocycles. The zero-order chi connectivity index (χ0) is 17.4. The van der Waals surface area contributed by atoms with Crippen LogP contribution in [0.2, 0.25) is 0 Å². The first-order valence-electron chi connectivity index (χ1n) is 7.71. The fraction of sp³-hybridized carbons (Fsp3) is 0.235. The lowest BCUT2D eigenvalue weighted by molar-refractivity contribution is -0.384. The number of nitrogens with zero attached hydrogens (tertiary/aromatic N) is 1. The van der Waals surface area contributed by atoms with Crippen molar-refractivity contribution in [3.8, 4) is 0 Å². The maximum Gasteiger partial charge on any atom is 0.292 e. The van der Waals surface area contributed by atoms with E-state index in [1.807, 2.05) is 12.1 Å². The van der Waals surface area contributed by atoms with Crippen molar-refractivity contribution in [1.82, 2.24) is 5.32 Å². The number of anilines is 2. The molecule has 0 aliphatic heterocycles. The highest BCUT2D eigenvalue weighted by Crippen LogP contribution is 2.22. The smallest absolute Gasteiger partial charge is 0.292 e. The van der Waals surface area contributed by atoms with Gasteiger partial charge in [-0.1, -0.05) is 31.2 Å². The predicted octanol–water partition coefficient (Wildman–Crippen LogP) is 3.56. The number of nitro groups is 1. The summed E-state index contributed by atoms with van der Waals surface area (Å²) in [6, 6.07) is 14.6. The first-order chi connectivity index (χ1) is 11.6. The third-order valence-corrected chi connectivity index (χ3v) is 3.67. The maximum absolute atomic E-state index is 10.9. The molecule has 0 heterocycles. The van der Waals surface area contributed by atoms with Gasteiger partial charge in [-0.15, -0.1) is 0 Å². The van der Waals surface area contributed by atoms with E-state index in [1.54, 1.807) is 18.2 Å². The molecule has 0 bridgehead atoms. The van der Waals surface area contributed by atoms with Crippen LogP contribution >= 0.6 is 12.2 Å². The molecule has 0 unspecified atom stereocenters. The SMILES string of the molecule is CCc1cccc(NC(=S)NCCNc2ccccc2[N+](=O)[O-])c1. The molecule has 7 heteroatoms. The number of para-hydroxylation sites is 2. The molecule has 0 radical (unpaired) electrons. The summed E-state index contributed by atoms with van der Waals surface area (Å²) < 4.78 is 0. The Morgan fingerprint density at radius 1 is 1.17 bits per heavy atom. The molecule has 0 amide bonds. The number of hydrogen-bond acceptors (Lipinski definition) is 4. The first kappa shape index (κ1) is 17.7. The van der Waals surface area contributed by atoms with Gasteiger partial charge in [-0.3, -0.25) is 10.1 Å². The van der Waals surface area contributed by atoms with Crippen molar-refractivity contribution in [3.63, 3.8) is 0 Å². The van der Waals surface area contributed by atoms with Gasteiger partial charge in [-0.2, -0.15) is 0 Å². The van der Waals surface area contributed by atoms with Crippen molar-refractivity contribution >= 4 is 34.4 Å². The molecule has 0 fully saturated rings. The van der Waals surface area contributed by atoms with Crippen LogP contribution in [0.4, 0.5) is 17.1 Å². The van der Waals surface area contributed by atoms with Crippen LogP contribution in [0.5, 0.6) is 0 Å². The molecule has 0 aliphatic rings. The zero-order valence-electron chi connectivity index (χ0n) is 13.4. The second kappa shape index (κ2) is 8.83. The van der Waals surface area contributed by atoms with Gasteiger partial charge in [0.2, 0.25) is 0 Å². The number of nitrogens with one attached hydrogen (secondary N) is 3. The molecule has 0 saturated carbocycles. The van der Waals surface area contributed by atoms with Gasteiger partial charge in [0, 0.05) is 24.8 Å². The predicted molar refractivity (Wildman–Crippen MR) is 102 cm³/mol. The fourth-order valence-electron chi connectivity index (χ4n) is 2.20. The number of benzene rings is 2. The van der Waals surface area contributed by atoms with E-state index in [-0.39, 0.29) is 5.69 Å². The Bertz CT molecular complexity index is 721. The second-order valence-electron chi connectivity index (χ2n) is 5.14. The molecule has 0 atom stereocenters. The van der Waals surface area contributed by atoms with E-state index < -0.39 is 4.92 Å². The molecule has 6 nitrogen and oxygen atoms in total. The second-order valence-corrected chi connectivity index (χ2v) is 5.54. The monoisotopic (exact) mass is 344 g/mol. The van der Waals surface area contributed by atoms with Crippen LogP contribution < -0.4 is 16.0 Å². The van der Waals surface area contributed by atoms with Crippen LogP contribution in [-0.4, -0.2) is 23.1 Å². The molecule has 126 valence electrons. The van der Waals surface area contributed by atoms with Gasteiger partial charge in [0.1, 0.15) is 5.69 Å². The summed E-state index contributed by atoms with van der Waals surface area (Å²) in [5.74, 6) is 0. The number of nitro benzene ring substituents is 1. The Morgan fingerprint density at radius 3 is 2.71 bits per heavy atom. The maximum atomic E-state index is 10.9. The van der Waals surface area contributed by atoms with Crippen LogP contribution in [0.3, 0.4) is 0 Å². The minimum absolute atomic E-state index is 0.0644. The minimum atomic E-state index is -0.400. The van der Waals surface area contributed by atoms with Gasteiger partial charge < -0.3 is 16.0 Å². The Balaban J connectivity index is 1.78. The highest BCUT2D eigenvalue weighted by Gasteiger charge is 2.11. The normalized spacial score (nSPS) is 10.0. The van der Waals surface area contributed by atoms with Crippen molar-refractivity contribution in [2.75, 3.05) is 23.7 Å². The van der Waals surface area contributed by atoms with E-state index >= 15 is 0 Å². The van der Waals surface area contributed by atoms with Crippen molar-refractivity contribution < 1.29 is 4.92 Å². The highest BCUT2D eigenvalue weighted by atomic mass is 32.1. The molecule has 0 aromatic heterocycles. The van der Waals surface area contributed by atoms with Gasteiger partial charge >= 0.3 is 0 Å². The topological polar surface area (TPSA) is 79.2 Å². The standard InChI is InChI=1S/C17H20N4O2S/c1-2-13-6-5-7-14(12-13)20-17(24)19-11-10-18-15-8-3-4-9-16(15)21(22)23/h3-9,12,18H,2,10-11H2,1H3,(H2,19,20,24). The summed E-state index contributed by atoms with van der Waals surface area (Å²) in [4.78, 5) is 10.5. The molecular weight excluding hydrogens is 324 g/mol. The number of thiocarbonyl (C=S) groups is 1. The van der Waals surface area contributed by atoms with Crippen LogP contribution in [0.15, 0.2) is 48.5 Å². The fourth-order valence-corrected chi connectivity index (χ4v) is 2.42. The summed E-state index contributed by atoms with van der Waals surface area (Å²) in [6.07, 6.45) is 0.968. The van der Waals surface area contributed by atoms with Gasteiger partial charge in [0.25, 0.3) is 5.69 Å². The van der Waals surface area contributed by atoms with Crippen molar-refractivity contribution in [2.24, 2.45) is 0 Å². The highest BCUT2D eigenvalue weighted by molar-refractivity contribution is 7.80. The number of rotatable bonds is 7. The molecule has 0 saturated heterocycles. The van der Waals surface area contributed by atoms with Crippen LogP contribution in [0.1, 0.15) is 12.5 Å². The molecule has 0 spiro atoms. The van der Waals surface area contributed by atoms with E-state index in [9.17, 15) is 10.1 Å². The van der Waals surface area contributed by atoms with Crippen molar-refractivity contribution in [2.45, 2.75) is 13.3 Å². The van der Waals surface area contributed by atoms with Gasteiger partial charge in [-0.05, 0) is 42.4 Å². The van der Waals surface area contributed by atoms with E-state index in [4.69, 9.17) is 12.2 Å². The van der Waals surface area contributed by atoms with Crippen LogP contribution in [-0.2, 0) is 6.42 Å². The quantitative estimate of drug-likeness (QED) is 0.308. The number of aryl methyl sites for hydroxylation is 1. The molecule has 2 rings (SSSR count). The number of hydrogen-bond donors (Lipinski definition) is 3. The Labute approximate surface area is 146 Å². The zero-order valence-corrected chi connectivity index (χ0v) is 14.2. The van der Waals surface area contributed by atoms with E-state index in [0.29, 0.717) is 23.9 Å². The van der Waals surface area contributed by atoms with Gasteiger partial charge in [0.15, 0.2) is 5.11 Å². The molecular formula is C17H20N4O2S. The minimum Gasteiger partial charge on any atom is -0.378 e. The average molecular weight is 344 g/mol. The Hall–Kier alpha value is -2.67. The largest absolute Gasteiger partial charge is 0.378 e. The lowest BCUT2D eigenvalue weighted by Gasteiger charge is -2.12. The van der Waals surface area contributed by atoms with Crippen LogP contribution in [0, 0.1) is 10.1 Å². The van der Waals surface area contributed by atoms with Crippen molar-refractivity contribution in [3.05, 3.63) is 64.2 Å². The van der Waals surface area contributed by atoms with Crippen LogP contribution in [0.25, 0.3) is 0 Å². The van der Waals surface area contributed by atoms with Gasteiger partial charge in [-0.25, -0.2) is 0 Å². The molecule has 2 aromatic rings. The molecule has 3 N–H and O–H groups in total. The van der Waals surface area contributed by atoms with Crippen molar-refractivity contribution in [1.29, 1.82) is 0 Å². The third-order valence-electron chi connectivity index (χ3n) is 3.42. The lowest BCUT2D eigenvalue weighted by atomic mass is 10.1. The van der Waals surface area contributed by atoms with Gasteiger partial charge in [0.05, 0.1) is 4.92 Å². The summed E-state index contributed by atoms with van der Waals surface area (Å²) in [5.41, 5.74) is 2.74. The molecule has 2 aromatic carbocycles. The molecule has 24 heavy (non-hydrogen) atoms. The van der Waals surface area contributed by atoms with E-state index in [1.165, 1.54) is 11.6 Å². The first-order valence-corrected chi connectivity index (χ1v) is 8.12. The lowest BCUT2D eigenvalue weighted by Crippen LogP contribution is -2.32.